The van der Waals surface area contributed by atoms with Crippen molar-refractivity contribution in [3.05, 3.63) is 53.1 Å². The Labute approximate surface area is 170 Å². The van der Waals surface area contributed by atoms with E-state index in [-0.39, 0.29) is 23.4 Å². The summed E-state index contributed by atoms with van der Waals surface area (Å²) in [6, 6.07) is 10.4. The summed E-state index contributed by atoms with van der Waals surface area (Å²) in [5, 5.41) is 14.5. The molecule has 0 aliphatic rings. The Morgan fingerprint density at radius 3 is 2.53 bits per heavy atom. The quantitative estimate of drug-likeness (QED) is 0.662. The highest BCUT2D eigenvalue weighted by molar-refractivity contribution is 5.97. The van der Waals surface area contributed by atoms with Crippen molar-refractivity contribution in [2.45, 2.75) is 13.1 Å². The Morgan fingerprint density at radius 1 is 1.17 bits per heavy atom. The van der Waals surface area contributed by atoms with Gasteiger partial charge in [0.2, 0.25) is 5.91 Å². The van der Waals surface area contributed by atoms with Gasteiger partial charge in [0.25, 0.3) is 0 Å². The van der Waals surface area contributed by atoms with E-state index in [4.69, 9.17) is 5.26 Å². The molecule has 2 aromatic carbocycles. The molecule has 0 heterocycles. The molecule has 0 atom stereocenters. The van der Waals surface area contributed by atoms with Crippen molar-refractivity contribution in [3.63, 3.8) is 0 Å². The number of aryl methyl sites for hydroxylation is 1. The lowest BCUT2D eigenvalue weighted by Crippen LogP contribution is -2.22. The summed E-state index contributed by atoms with van der Waals surface area (Å²) >= 11 is 0. The third kappa shape index (κ3) is 6.41. The van der Waals surface area contributed by atoms with Gasteiger partial charge in [0.05, 0.1) is 24.8 Å². The zero-order chi connectivity index (χ0) is 22.3. The molecule has 10 heteroatoms. The maximum Gasteiger partial charge on any atom is 0.422 e. The molecule has 30 heavy (non-hydrogen) atoms. The summed E-state index contributed by atoms with van der Waals surface area (Å²) in [6.45, 7) is 0.0549. The molecule has 2 rings (SSSR count). The minimum absolute atomic E-state index is 0.105. The number of carbonyl (C=O) groups excluding carboxylic acids is 2. The summed E-state index contributed by atoms with van der Waals surface area (Å²) in [7, 11) is 1.25. The van der Waals surface area contributed by atoms with Crippen molar-refractivity contribution in [1.29, 1.82) is 5.26 Å². The lowest BCUT2D eigenvalue weighted by atomic mass is 10.1. The van der Waals surface area contributed by atoms with E-state index in [0.29, 0.717) is 11.4 Å². The molecule has 0 aliphatic carbocycles. The number of alkyl halides is 3. The number of halogens is 3. The highest BCUT2D eigenvalue weighted by atomic mass is 19.4. The first-order valence-corrected chi connectivity index (χ1v) is 8.59. The average molecular weight is 421 g/mol. The molecule has 158 valence electrons. The number of anilines is 2. The maximum atomic E-state index is 12.3. The second-order valence-corrected chi connectivity index (χ2v) is 6.15. The number of ether oxygens (including phenoxy) is 2. The van der Waals surface area contributed by atoms with Gasteiger partial charge in [0, 0.05) is 11.4 Å². The molecular weight excluding hydrogens is 403 g/mol. The summed E-state index contributed by atoms with van der Waals surface area (Å²) in [5.41, 5.74) is 1.68. The van der Waals surface area contributed by atoms with Gasteiger partial charge in [-0.25, -0.2) is 4.79 Å². The van der Waals surface area contributed by atoms with E-state index in [1.807, 2.05) is 0 Å². The number of nitrogens with one attached hydrogen (secondary N) is 2. The van der Waals surface area contributed by atoms with Crippen molar-refractivity contribution in [3.8, 4) is 11.8 Å². The lowest BCUT2D eigenvalue weighted by molar-refractivity contribution is -0.153. The third-order valence-corrected chi connectivity index (χ3v) is 3.88. The normalized spacial score (nSPS) is 10.7. The Bertz CT molecular complexity index is 984. The van der Waals surface area contributed by atoms with Crippen molar-refractivity contribution < 1.29 is 32.2 Å². The van der Waals surface area contributed by atoms with Crippen LogP contribution in [0.25, 0.3) is 0 Å². The van der Waals surface area contributed by atoms with Crippen LogP contribution in [0.15, 0.2) is 36.4 Å². The van der Waals surface area contributed by atoms with E-state index < -0.39 is 24.7 Å². The second-order valence-electron chi connectivity index (χ2n) is 6.15. The molecule has 1 amide bonds. The monoisotopic (exact) mass is 421 g/mol. The van der Waals surface area contributed by atoms with Gasteiger partial charge in [-0.05, 0) is 42.8 Å². The second kappa shape index (κ2) is 9.65. The topological polar surface area (TPSA) is 100 Å². The van der Waals surface area contributed by atoms with Gasteiger partial charge in [-0.15, -0.1) is 0 Å². The van der Waals surface area contributed by atoms with Crippen molar-refractivity contribution >= 4 is 23.3 Å². The van der Waals surface area contributed by atoms with Crippen molar-refractivity contribution in [2.24, 2.45) is 0 Å². The van der Waals surface area contributed by atoms with Crippen molar-refractivity contribution in [1.82, 2.24) is 0 Å². The standard InChI is InChI=1S/C20H18F3N3O4/c1-12-3-4-13(19(28)29-2)8-16(12)26-18(27)10-25-15-5-6-17(14(7-15)9-24)30-11-20(21,22)23/h3-8,25H,10-11H2,1-2H3,(H,26,27). The van der Waals surface area contributed by atoms with Crippen LogP contribution in [0.1, 0.15) is 21.5 Å². The average Bonchev–Trinajstić information content (AvgIpc) is 2.71. The first-order chi connectivity index (χ1) is 14.1. The smallest absolute Gasteiger partial charge is 0.422 e. The Hall–Kier alpha value is -3.74. The number of nitriles is 1. The minimum atomic E-state index is -4.52. The number of rotatable bonds is 7. The molecule has 0 aliphatic heterocycles. The van der Waals surface area contributed by atoms with Crippen molar-refractivity contribution in [2.75, 3.05) is 30.9 Å². The van der Waals surface area contributed by atoms with Gasteiger partial charge in [-0.2, -0.15) is 18.4 Å². The van der Waals surface area contributed by atoms with Gasteiger partial charge in [-0.1, -0.05) is 6.07 Å². The third-order valence-electron chi connectivity index (χ3n) is 3.88. The fourth-order valence-corrected chi connectivity index (χ4v) is 2.39. The van der Waals surface area contributed by atoms with E-state index in [0.717, 1.165) is 5.56 Å². The first-order valence-electron chi connectivity index (χ1n) is 8.59. The van der Waals surface area contributed by atoms with Gasteiger partial charge in [0.15, 0.2) is 6.61 Å². The largest absolute Gasteiger partial charge is 0.483 e. The first kappa shape index (κ1) is 22.5. The number of hydrogen-bond acceptors (Lipinski definition) is 6. The molecule has 2 aromatic rings. The SMILES string of the molecule is COC(=O)c1ccc(C)c(NC(=O)CNc2ccc(OCC(F)(F)F)c(C#N)c2)c1. The molecule has 0 spiro atoms. The number of methoxy groups -OCH3 is 1. The highest BCUT2D eigenvalue weighted by Gasteiger charge is 2.28. The lowest BCUT2D eigenvalue weighted by Gasteiger charge is -2.13. The van der Waals surface area contributed by atoms with Crippen LogP contribution in [0.5, 0.6) is 5.75 Å². The molecule has 0 aromatic heterocycles. The molecule has 0 radical (unpaired) electrons. The predicted molar refractivity (Wildman–Crippen MR) is 102 cm³/mol. The maximum absolute atomic E-state index is 12.3. The zero-order valence-corrected chi connectivity index (χ0v) is 16.1. The summed E-state index contributed by atoms with van der Waals surface area (Å²) in [4.78, 5) is 23.8. The number of esters is 1. The van der Waals surface area contributed by atoms with Gasteiger partial charge in [0.1, 0.15) is 11.8 Å². The minimum Gasteiger partial charge on any atom is -0.483 e. The zero-order valence-electron chi connectivity index (χ0n) is 16.1. The molecule has 0 fully saturated rings. The molecule has 0 unspecified atom stereocenters. The predicted octanol–water partition coefficient (Wildman–Crippen LogP) is 3.65. The fourth-order valence-electron chi connectivity index (χ4n) is 2.39. The number of carbonyl (C=O) groups is 2. The van der Waals surface area contributed by atoms with E-state index >= 15 is 0 Å². The molecule has 0 saturated heterocycles. The number of nitrogens with zero attached hydrogens (tertiary/aromatic N) is 1. The number of hydrogen-bond donors (Lipinski definition) is 2. The molecule has 2 N–H and O–H groups in total. The number of amides is 1. The summed E-state index contributed by atoms with van der Waals surface area (Å²) < 4.78 is 46.1. The van der Waals surface area contributed by atoms with Crippen LogP contribution in [-0.4, -0.2) is 38.3 Å². The Morgan fingerprint density at radius 2 is 1.90 bits per heavy atom. The Balaban J connectivity index is 2.01. The fraction of sp³-hybridized carbons (Fsp3) is 0.250. The van der Waals surface area contributed by atoms with Gasteiger partial charge >= 0.3 is 12.1 Å². The molecular formula is C20H18F3N3O4. The van der Waals surface area contributed by atoms with Gasteiger partial charge in [-0.3, -0.25) is 4.79 Å². The van der Waals surface area contributed by atoms with Crippen LogP contribution in [0.3, 0.4) is 0 Å². The van der Waals surface area contributed by atoms with E-state index in [2.05, 4.69) is 20.1 Å². The summed E-state index contributed by atoms with van der Waals surface area (Å²) in [5.74, 6) is -1.18. The van der Waals surface area contributed by atoms with Crippen LogP contribution >= 0.6 is 0 Å². The molecule has 0 saturated carbocycles. The number of benzene rings is 2. The summed E-state index contributed by atoms with van der Waals surface area (Å²) in [6.07, 6.45) is -4.52. The van der Waals surface area contributed by atoms with E-state index in [9.17, 15) is 22.8 Å². The van der Waals surface area contributed by atoms with Crippen LogP contribution in [0.2, 0.25) is 0 Å². The molecule has 0 bridgehead atoms. The van der Waals surface area contributed by atoms with Crippen LogP contribution in [0.4, 0.5) is 24.5 Å². The van der Waals surface area contributed by atoms with E-state index in [1.54, 1.807) is 25.1 Å². The van der Waals surface area contributed by atoms with Crippen LogP contribution in [-0.2, 0) is 9.53 Å². The van der Waals surface area contributed by atoms with Crippen LogP contribution in [0, 0.1) is 18.3 Å². The molecule has 7 nitrogen and oxygen atoms in total. The van der Waals surface area contributed by atoms with Crippen LogP contribution < -0.4 is 15.4 Å². The Kier molecular flexibility index (Phi) is 7.25. The van der Waals surface area contributed by atoms with E-state index in [1.165, 1.54) is 31.4 Å². The highest BCUT2D eigenvalue weighted by Crippen LogP contribution is 2.25. The van der Waals surface area contributed by atoms with Gasteiger partial charge < -0.3 is 20.1 Å².